The lowest BCUT2D eigenvalue weighted by atomic mass is 10.2. The zero-order chi connectivity index (χ0) is 26.3. The summed E-state index contributed by atoms with van der Waals surface area (Å²) in [5.74, 6) is -0.0843. The van der Waals surface area contributed by atoms with Crippen LogP contribution in [0.15, 0.2) is 82.2 Å². The fourth-order valence-electron chi connectivity index (χ4n) is 3.06. The molecular weight excluding hydrogens is 565 g/mol. The monoisotopic (exact) mass is 586 g/mol. The number of anilines is 1. The lowest BCUT2D eigenvalue weighted by Crippen LogP contribution is -2.36. The van der Waals surface area contributed by atoms with Crippen molar-refractivity contribution >= 4 is 37.8 Å². The van der Waals surface area contributed by atoms with Crippen molar-refractivity contribution in [1.82, 2.24) is 4.90 Å². The Morgan fingerprint density at radius 1 is 1.03 bits per heavy atom. The number of nitrogens with one attached hydrogen (secondary N) is 1. The first kappa shape index (κ1) is 27.5. The summed E-state index contributed by atoms with van der Waals surface area (Å²) in [7, 11) is -2.97. The Kier molecular flexibility index (Phi) is 8.98. The number of alkyl halides is 3. The Labute approximate surface area is 215 Å². The van der Waals surface area contributed by atoms with Gasteiger partial charge in [0, 0.05) is 30.4 Å². The SMILES string of the molecule is COCCN(Cc1ccc(OS(=O)(=O)c2cccc(C(F)(F)F)c2)cc1)C(=O)Nc1ccc(Br)cc1. The summed E-state index contributed by atoms with van der Waals surface area (Å²) < 4.78 is 74.7. The van der Waals surface area contributed by atoms with Gasteiger partial charge >= 0.3 is 22.3 Å². The van der Waals surface area contributed by atoms with Gasteiger partial charge in [0.15, 0.2) is 0 Å². The van der Waals surface area contributed by atoms with Crippen LogP contribution >= 0.6 is 15.9 Å². The van der Waals surface area contributed by atoms with Gasteiger partial charge in [0.1, 0.15) is 10.6 Å². The van der Waals surface area contributed by atoms with Crippen LogP contribution in [0.4, 0.5) is 23.7 Å². The van der Waals surface area contributed by atoms with E-state index in [4.69, 9.17) is 8.92 Å². The Bertz CT molecular complexity index is 1280. The van der Waals surface area contributed by atoms with E-state index in [0.717, 1.165) is 22.7 Å². The first-order valence-electron chi connectivity index (χ1n) is 10.5. The molecule has 0 spiro atoms. The molecule has 0 fully saturated rings. The lowest BCUT2D eigenvalue weighted by molar-refractivity contribution is -0.137. The molecular formula is C24H22BrF3N2O5S. The molecule has 7 nitrogen and oxygen atoms in total. The number of methoxy groups -OCH3 is 1. The minimum absolute atomic E-state index is 0.0843. The predicted octanol–water partition coefficient (Wildman–Crippen LogP) is 5.92. The van der Waals surface area contributed by atoms with Gasteiger partial charge in [-0.05, 0) is 60.2 Å². The molecule has 1 N–H and O–H groups in total. The highest BCUT2D eigenvalue weighted by Crippen LogP contribution is 2.31. The maximum Gasteiger partial charge on any atom is 0.416 e. The molecule has 0 aliphatic carbocycles. The molecule has 0 saturated heterocycles. The Morgan fingerprint density at radius 3 is 2.31 bits per heavy atom. The van der Waals surface area contributed by atoms with E-state index < -0.39 is 26.8 Å². The van der Waals surface area contributed by atoms with E-state index in [0.29, 0.717) is 30.5 Å². The molecule has 192 valence electrons. The van der Waals surface area contributed by atoms with E-state index in [1.807, 2.05) is 0 Å². The maximum absolute atomic E-state index is 12.9. The summed E-state index contributed by atoms with van der Waals surface area (Å²) in [4.78, 5) is 13.7. The highest BCUT2D eigenvalue weighted by Gasteiger charge is 2.32. The minimum Gasteiger partial charge on any atom is -0.383 e. The molecule has 2 amide bonds. The largest absolute Gasteiger partial charge is 0.416 e. The standard InChI is InChI=1S/C24H22BrF3N2O5S/c1-34-14-13-30(23(31)29-20-9-7-19(25)8-10-20)16-17-5-11-21(12-6-17)35-36(32,33)22-4-2-3-18(15-22)24(26,27)28/h2-12,15H,13-14,16H2,1H3,(H,29,31). The number of nitrogens with zero attached hydrogens (tertiary/aromatic N) is 1. The van der Waals surface area contributed by atoms with Crippen molar-refractivity contribution in [2.75, 3.05) is 25.6 Å². The quantitative estimate of drug-likeness (QED) is 0.315. The van der Waals surface area contributed by atoms with Crippen LogP contribution in [0.25, 0.3) is 0 Å². The fourth-order valence-corrected chi connectivity index (χ4v) is 4.30. The van der Waals surface area contributed by atoms with Crippen molar-refractivity contribution in [3.8, 4) is 5.75 Å². The summed E-state index contributed by atoms with van der Waals surface area (Å²) in [5.41, 5.74) is 0.176. The topological polar surface area (TPSA) is 84.9 Å². The number of carbonyl (C=O) groups excluding carboxylic acids is 1. The van der Waals surface area contributed by atoms with Gasteiger partial charge in [-0.1, -0.05) is 34.1 Å². The molecule has 36 heavy (non-hydrogen) atoms. The van der Waals surface area contributed by atoms with Crippen LogP contribution in [0.5, 0.6) is 5.75 Å². The van der Waals surface area contributed by atoms with Crippen LogP contribution in [0, 0.1) is 0 Å². The first-order chi connectivity index (χ1) is 17.0. The molecule has 0 aliphatic heterocycles. The van der Waals surface area contributed by atoms with Gasteiger partial charge in [-0.15, -0.1) is 0 Å². The fraction of sp³-hybridized carbons (Fsp3) is 0.208. The van der Waals surface area contributed by atoms with Crippen LogP contribution in [0.2, 0.25) is 0 Å². The normalized spacial score (nSPS) is 11.7. The number of benzene rings is 3. The van der Waals surface area contributed by atoms with Gasteiger partial charge in [-0.2, -0.15) is 21.6 Å². The van der Waals surface area contributed by atoms with Crippen molar-refractivity contribution in [2.45, 2.75) is 17.6 Å². The van der Waals surface area contributed by atoms with E-state index in [-0.39, 0.29) is 18.3 Å². The van der Waals surface area contributed by atoms with E-state index in [9.17, 15) is 26.4 Å². The summed E-state index contributed by atoms with van der Waals surface area (Å²) in [6.45, 7) is 0.775. The van der Waals surface area contributed by atoms with Gasteiger partial charge in [0.05, 0.1) is 12.2 Å². The van der Waals surface area contributed by atoms with E-state index in [2.05, 4.69) is 21.2 Å². The maximum atomic E-state index is 12.9. The van der Waals surface area contributed by atoms with E-state index in [1.54, 1.807) is 36.4 Å². The molecule has 0 unspecified atom stereocenters. The number of hydrogen-bond acceptors (Lipinski definition) is 5. The molecule has 0 atom stereocenters. The average Bonchev–Trinajstić information content (AvgIpc) is 2.83. The predicted molar refractivity (Wildman–Crippen MR) is 131 cm³/mol. The Hall–Kier alpha value is -3.09. The molecule has 3 aromatic rings. The third-order valence-corrected chi connectivity index (χ3v) is 6.67. The van der Waals surface area contributed by atoms with Crippen molar-refractivity contribution < 1.29 is 35.3 Å². The van der Waals surface area contributed by atoms with Gasteiger partial charge < -0.3 is 19.1 Å². The molecule has 0 aliphatic rings. The number of rotatable bonds is 9. The Morgan fingerprint density at radius 2 is 1.69 bits per heavy atom. The van der Waals surface area contributed by atoms with Crippen LogP contribution in [0.3, 0.4) is 0 Å². The molecule has 0 radical (unpaired) electrons. The molecule has 12 heteroatoms. The van der Waals surface area contributed by atoms with Crippen LogP contribution in [0.1, 0.15) is 11.1 Å². The summed E-state index contributed by atoms with van der Waals surface area (Å²) >= 11 is 3.33. The molecule has 0 aromatic heterocycles. The smallest absolute Gasteiger partial charge is 0.383 e. The number of carbonyl (C=O) groups is 1. The molecule has 0 heterocycles. The lowest BCUT2D eigenvalue weighted by Gasteiger charge is -2.23. The second-order valence-corrected chi connectivity index (χ2v) is 10.0. The number of hydrogen-bond donors (Lipinski definition) is 1. The van der Waals surface area contributed by atoms with Gasteiger partial charge in [-0.25, -0.2) is 4.79 Å². The number of ether oxygens (including phenoxy) is 1. The Balaban J connectivity index is 1.70. The van der Waals surface area contributed by atoms with Gasteiger partial charge in [0.25, 0.3) is 0 Å². The van der Waals surface area contributed by atoms with Gasteiger partial charge in [-0.3, -0.25) is 0 Å². The minimum atomic E-state index is -4.69. The summed E-state index contributed by atoms with van der Waals surface area (Å²) in [6.07, 6.45) is -4.69. The molecule has 3 aromatic carbocycles. The number of halogens is 4. The van der Waals surface area contributed by atoms with Crippen LogP contribution in [-0.2, 0) is 27.6 Å². The van der Waals surface area contributed by atoms with Crippen molar-refractivity contribution in [1.29, 1.82) is 0 Å². The zero-order valence-corrected chi connectivity index (χ0v) is 21.4. The second-order valence-electron chi connectivity index (χ2n) is 7.56. The van der Waals surface area contributed by atoms with Gasteiger partial charge in [0.2, 0.25) is 0 Å². The second kappa shape index (κ2) is 11.8. The average molecular weight is 587 g/mol. The first-order valence-corrected chi connectivity index (χ1v) is 12.7. The van der Waals surface area contributed by atoms with Crippen LogP contribution in [-0.4, -0.2) is 39.6 Å². The summed E-state index contributed by atoms with van der Waals surface area (Å²) in [5, 5.41) is 2.80. The van der Waals surface area contributed by atoms with E-state index in [1.165, 1.54) is 24.1 Å². The summed E-state index contributed by atoms with van der Waals surface area (Å²) in [6, 6.07) is 15.9. The number of amides is 2. The van der Waals surface area contributed by atoms with Crippen molar-refractivity contribution in [3.63, 3.8) is 0 Å². The van der Waals surface area contributed by atoms with Crippen molar-refractivity contribution in [3.05, 3.63) is 88.4 Å². The number of urea groups is 1. The molecule has 0 bridgehead atoms. The van der Waals surface area contributed by atoms with Crippen molar-refractivity contribution in [2.24, 2.45) is 0 Å². The highest BCUT2D eigenvalue weighted by atomic mass is 79.9. The van der Waals surface area contributed by atoms with E-state index >= 15 is 0 Å². The molecule has 0 saturated carbocycles. The third kappa shape index (κ3) is 7.70. The van der Waals surface area contributed by atoms with Crippen LogP contribution < -0.4 is 9.50 Å². The third-order valence-electron chi connectivity index (χ3n) is 4.90. The molecule has 3 rings (SSSR count). The highest BCUT2D eigenvalue weighted by molar-refractivity contribution is 9.10. The zero-order valence-electron chi connectivity index (χ0n) is 19.0.